The Kier molecular flexibility index (Phi) is 5.79. The number of benzene rings is 2. The van der Waals surface area contributed by atoms with Crippen LogP contribution in [0.5, 0.6) is 5.75 Å². The van der Waals surface area contributed by atoms with E-state index >= 15 is 0 Å². The molecule has 164 valence electrons. The lowest BCUT2D eigenvalue weighted by atomic mass is 9.93. The normalized spacial score (nSPS) is 15.3. The first-order valence-corrected chi connectivity index (χ1v) is 11.3. The average Bonchev–Trinajstić information content (AvgIpc) is 3.21. The number of nitrogens with zero attached hydrogens (tertiary/aromatic N) is 1. The van der Waals surface area contributed by atoms with Gasteiger partial charge in [-0.3, -0.25) is 9.59 Å². The number of hydrogen-bond donors (Lipinski definition) is 1. The molecule has 1 aromatic heterocycles. The molecular formula is C24H20ClNO5S. The van der Waals surface area contributed by atoms with Gasteiger partial charge in [-0.25, -0.2) is 9.69 Å². The molecule has 1 aliphatic rings. The number of fused-ring (bicyclic) bond motifs is 1. The third-order valence-corrected chi connectivity index (χ3v) is 6.97. The minimum atomic E-state index is -1.20. The van der Waals surface area contributed by atoms with Gasteiger partial charge in [0.1, 0.15) is 16.2 Å². The topological polar surface area (TPSA) is 83.9 Å². The van der Waals surface area contributed by atoms with E-state index in [0.29, 0.717) is 17.7 Å². The van der Waals surface area contributed by atoms with E-state index in [9.17, 15) is 19.5 Å². The van der Waals surface area contributed by atoms with Crippen molar-refractivity contribution in [3.8, 4) is 5.75 Å². The molecule has 3 aromatic rings. The van der Waals surface area contributed by atoms with Gasteiger partial charge in [-0.1, -0.05) is 48.9 Å². The van der Waals surface area contributed by atoms with Gasteiger partial charge in [0.05, 0.1) is 22.7 Å². The van der Waals surface area contributed by atoms with Crippen molar-refractivity contribution in [3.63, 3.8) is 0 Å². The maximum absolute atomic E-state index is 13.2. The van der Waals surface area contributed by atoms with Gasteiger partial charge in [-0.2, -0.15) is 0 Å². The zero-order valence-electron chi connectivity index (χ0n) is 17.4. The molecule has 4 rings (SSSR count). The zero-order valence-corrected chi connectivity index (χ0v) is 19.0. The number of halogens is 1. The van der Waals surface area contributed by atoms with Gasteiger partial charge in [0.25, 0.3) is 5.91 Å². The van der Waals surface area contributed by atoms with E-state index in [1.165, 1.54) is 0 Å². The number of carbonyl (C=O) groups excluding carboxylic acids is 2. The molecule has 0 spiro atoms. The maximum Gasteiger partial charge on any atom is 0.346 e. The second-order valence-electron chi connectivity index (χ2n) is 7.65. The highest BCUT2D eigenvalue weighted by molar-refractivity contribution is 7.12. The highest BCUT2D eigenvalue weighted by Gasteiger charge is 2.38. The first kappa shape index (κ1) is 22.0. The number of aromatic carboxylic acids is 1. The summed E-state index contributed by atoms with van der Waals surface area (Å²) in [6, 6.07) is 14.5. The summed E-state index contributed by atoms with van der Waals surface area (Å²) in [6.07, 6.45) is 0.597. The van der Waals surface area contributed by atoms with E-state index in [-0.39, 0.29) is 27.6 Å². The highest BCUT2D eigenvalue weighted by atomic mass is 35.5. The second-order valence-corrected chi connectivity index (χ2v) is 8.93. The molecule has 0 fully saturated rings. The van der Waals surface area contributed by atoms with Crippen LogP contribution < -0.4 is 9.64 Å². The van der Waals surface area contributed by atoms with E-state index in [1.807, 2.05) is 44.2 Å². The average molecular weight is 470 g/mol. The number of carbonyl (C=O) groups is 3. The van der Waals surface area contributed by atoms with Gasteiger partial charge in [-0.05, 0) is 42.0 Å². The summed E-state index contributed by atoms with van der Waals surface area (Å²) in [5.41, 5.74) is 0.966. The summed E-state index contributed by atoms with van der Waals surface area (Å²) in [7, 11) is 0. The molecule has 0 bridgehead atoms. The fraction of sp³-hybridized carbons (Fsp3) is 0.208. The van der Waals surface area contributed by atoms with Gasteiger partial charge in [-0.15, -0.1) is 11.3 Å². The van der Waals surface area contributed by atoms with Gasteiger partial charge in [0.2, 0.25) is 5.91 Å². The molecule has 1 unspecified atom stereocenters. The largest absolute Gasteiger partial charge is 0.483 e. The van der Waals surface area contributed by atoms with Gasteiger partial charge in [0, 0.05) is 6.07 Å². The SMILES string of the molecule is CCC(C)(Oc1ccc(Cl)c(N2C(=O)Cc3csc(C(=O)O)c3C2=O)c1)c1ccccc1. The Hall–Kier alpha value is -3.16. The number of rotatable bonds is 6. The van der Waals surface area contributed by atoms with Crippen LogP contribution >= 0.6 is 22.9 Å². The number of carboxylic acid groups (broad SMARTS) is 1. The number of amides is 2. The molecule has 0 saturated carbocycles. The Bertz CT molecular complexity index is 1220. The van der Waals surface area contributed by atoms with Crippen LogP contribution in [0, 0.1) is 0 Å². The van der Waals surface area contributed by atoms with E-state index in [1.54, 1.807) is 23.6 Å². The molecule has 0 radical (unpaired) electrons. The van der Waals surface area contributed by atoms with Crippen molar-refractivity contribution in [1.29, 1.82) is 0 Å². The van der Waals surface area contributed by atoms with Crippen molar-refractivity contribution >= 4 is 46.4 Å². The Morgan fingerprint density at radius 3 is 2.59 bits per heavy atom. The number of thiophene rings is 1. The molecule has 0 aliphatic carbocycles. The molecule has 0 saturated heterocycles. The van der Waals surface area contributed by atoms with Crippen LogP contribution in [0.3, 0.4) is 0 Å². The third kappa shape index (κ3) is 3.78. The Morgan fingerprint density at radius 1 is 1.22 bits per heavy atom. The Labute approximate surface area is 194 Å². The van der Waals surface area contributed by atoms with Gasteiger partial charge >= 0.3 is 5.97 Å². The minimum Gasteiger partial charge on any atom is -0.483 e. The van der Waals surface area contributed by atoms with Crippen molar-refractivity contribution in [2.75, 3.05) is 4.90 Å². The molecule has 1 atom stereocenters. The predicted molar refractivity (Wildman–Crippen MR) is 123 cm³/mol. The van der Waals surface area contributed by atoms with Crippen LogP contribution in [0.2, 0.25) is 5.02 Å². The molecular weight excluding hydrogens is 450 g/mol. The van der Waals surface area contributed by atoms with Crippen molar-refractivity contribution < 1.29 is 24.2 Å². The lowest BCUT2D eigenvalue weighted by Crippen LogP contribution is -2.42. The molecule has 8 heteroatoms. The van der Waals surface area contributed by atoms with Crippen molar-refractivity contribution in [1.82, 2.24) is 0 Å². The minimum absolute atomic E-state index is 0.0344. The third-order valence-electron chi connectivity index (χ3n) is 5.63. The predicted octanol–water partition coefficient (Wildman–Crippen LogP) is 5.53. The quantitative estimate of drug-likeness (QED) is 0.479. The molecule has 6 nitrogen and oxygen atoms in total. The van der Waals surface area contributed by atoms with Crippen molar-refractivity contribution in [2.24, 2.45) is 0 Å². The van der Waals surface area contributed by atoms with Crippen LogP contribution in [-0.4, -0.2) is 22.9 Å². The van der Waals surface area contributed by atoms with E-state index in [4.69, 9.17) is 16.3 Å². The first-order chi connectivity index (χ1) is 15.2. The zero-order chi connectivity index (χ0) is 23.0. The molecule has 1 aliphatic heterocycles. The van der Waals surface area contributed by atoms with E-state index < -0.39 is 23.4 Å². The summed E-state index contributed by atoms with van der Waals surface area (Å²) < 4.78 is 6.31. The van der Waals surface area contributed by atoms with Crippen LogP contribution in [0.15, 0.2) is 53.9 Å². The first-order valence-electron chi connectivity index (χ1n) is 10.00. The van der Waals surface area contributed by atoms with Crippen LogP contribution in [0.4, 0.5) is 5.69 Å². The standard InChI is InChI=1S/C24H20ClNO5S/c1-3-24(2,15-7-5-4-6-8-15)31-16-9-10-17(25)18(12-16)26-19(27)11-14-13-32-21(23(29)30)20(14)22(26)28/h4-10,12-13H,3,11H2,1-2H3,(H,29,30). The summed E-state index contributed by atoms with van der Waals surface area (Å²) in [6.45, 7) is 3.97. The maximum atomic E-state index is 13.2. The molecule has 32 heavy (non-hydrogen) atoms. The monoisotopic (exact) mass is 469 g/mol. The summed E-state index contributed by atoms with van der Waals surface area (Å²) in [4.78, 5) is 38.4. The Balaban J connectivity index is 1.73. The summed E-state index contributed by atoms with van der Waals surface area (Å²) >= 11 is 7.31. The highest BCUT2D eigenvalue weighted by Crippen LogP contribution is 2.39. The fourth-order valence-corrected chi connectivity index (χ4v) is 4.84. The number of anilines is 1. The van der Waals surface area contributed by atoms with E-state index in [0.717, 1.165) is 21.8 Å². The van der Waals surface area contributed by atoms with Crippen molar-refractivity contribution in [3.05, 3.63) is 80.5 Å². The smallest absolute Gasteiger partial charge is 0.346 e. The lowest BCUT2D eigenvalue weighted by molar-refractivity contribution is -0.117. The van der Waals surface area contributed by atoms with Gasteiger partial charge in [0.15, 0.2) is 0 Å². The number of carboxylic acids is 1. The van der Waals surface area contributed by atoms with Gasteiger partial charge < -0.3 is 9.84 Å². The second kappa shape index (κ2) is 8.41. The summed E-state index contributed by atoms with van der Waals surface area (Å²) in [5, 5.41) is 11.2. The number of ether oxygens (including phenoxy) is 1. The molecule has 2 aromatic carbocycles. The number of imide groups is 1. The fourth-order valence-electron chi connectivity index (χ4n) is 3.74. The lowest BCUT2D eigenvalue weighted by Gasteiger charge is -2.31. The summed E-state index contributed by atoms with van der Waals surface area (Å²) in [5.74, 6) is -1.94. The number of hydrogen-bond acceptors (Lipinski definition) is 5. The Morgan fingerprint density at radius 2 is 1.94 bits per heavy atom. The molecule has 2 heterocycles. The van der Waals surface area contributed by atoms with E-state index in [2.05, 4.69) is 0 Å². The molecule has 1 N–H and O–H groups in total. The van der Waals surface area contributed by atoms with Crippen LogP contribution in [0.25, 0.3) is 0 Å². The van der Waals surface area contributed by atoms with Crippen LogP contribution in [0.1, 0.15) is 51.4 Å². The van der Waals surface area contributed by atoms with Crippen LogP contribution in [-0.2, 0) is 16.8 Å². The van der Waals surface area contributed by atoms with Crippen molar-refractivity contribution in [2.45, 2.75) is 32.3 Å². The molecule has 2 amide bonds.